The SMILES string of the molecule is CC(C)(C)CC[Si]([O])(CCC(C)(C)C)CCC(C)(C)C. The molecule has 0 heterocycles. The molecule has 20 heavy (non-hydrogen) atoms. The van der Waals surface area contributed by atoms with E-state index in [1.165, 1.54) is 0 Å². The van der Waals surface area contributed by atoms with Gasteiger partial charge in [0.1, 0.15) is 0 Å². The van der Waals surface area contributed by atoms with Crippen molar-refractivity contribution in [3.05, 3.63) is 0 Å². The van der Waals surface area contributed by atoms with E-state index in [-0.39, 0.29) is 0 Å². The zero-order valence-electron chi connectivity index (χ0n) is 15.7. The van der Waals surface area contributed by atoms with Gasteiger partial charge in [-0.15, -0.1) is 0 Å². The van der Waals surface area contributed by atoms with E-state index in [4.69, 9.17) is 0 Å². The molecule has 1 nitrogen and oxygen atoms in total. The molecule has 0 fully saturated rings. The van der Waals surface area contributed by atoms with Crippen LogP contribution < -0.4 is 0 Å². The van der Waals surface area contributed by atoms with Crippen molar-refractivity contribution in [2.45, 2.75) is 99.7 Å². The Bertz CT molecular complexity index is 230. The van der Waals surface area contributed by atoms with Gasteiger partial charge in [0.25, 0.3) is 0 Å². The molecule has 0 aromatic carbocycles. The van der Waals surface area contributed by atoms with Crippen molar-refractivity contribution < 1.29 is 4.80 Å². The molecule has 0 aliphatic rings. The van der Waals surface area contributed by atoms with Crippen LogP contribution in [0.3, 0.4) is 0 Å². The lowest BCUT2D eigenvalue weighted by Gasteiger charge is -2.31. The Morgan fingerprint density at radius 3 is 0.900 bits per heavy atom. The normalized spacial score (nSPS) is 14.7. The van der Waals surface area contributed by atoms with Gasteiger partial charge >= 0.3 is 0 Å². The molecule has 0 bridgehead atoms. The molecular weight excluding hydrogens is 260 g/mol. The summed E-state index contributed by atoms with van der Waals surface area (Å²) in [6.45, 7) is 20.3. The fourth-order valence-electron chi connectivity index (χ4n) is 2.18. The van der Waals surface area contributed by atoms with Gasteiger partial charge < -0.3 is 0 Å². The Hall–Kier alpha value is 0.177. The third-order valence-corrected chi connectivity index (χ3v) is 7.48. The number of hydrogen-bond donors (Lipinski definition) is 0. The van der Waals surface area contributed by atoms with Crippen molar-refractivity contribution in [2.75, 3.05) is 0 Å². The predicted molar refractivity (Wildman–Crippen MR) is 93.1 cm³/mol. The van der Waals surface area contributed by atoms with Gasteiger partial charge in [0.05, 0.1) is 0 Å². The average molecular weight is 300 g/mol. The molecule has 0 aliphatic carbocycles. The molecule has 0 amide bonds. The molecule has 0 spiro atoms. The van der Waals surface area contributed by atoms with Crippen molar-refractivity contribution in [1.82, 2.24) is 0 Å². The standard InChI is InChI=1S/C18H39OSi/c1-16(2,3)10-13-20(19,14-11-17(4,5)6)15-12-18(7,8)9/h10-15H2,1-9H3. The predicted octanol–water partition coefficient (Wildman–Crippen LogP) is 6.67. The number of hydrogen-bond acceptors (Lipinski definition) is 0. The quantitative estimate of drug-likeness (QED) is 0.488. The minimum Gasteiger partial charge on any atom is -0.297 e. The summed E-state index contributed by atoms with van der Waals surface area (Å²) >= 11 is 0. The van der Waals surface area contributed by atoms with E-state index in [0.717, 1.165) is 37.4 Å². The highest BCUT2D eigenvalue weighted by Gasteiger charge is 2.36. The van der Waals surface area contributed by atoms with E-state index in [0.29, 0.717) is 16.2 Å². The van der Waals surface area contributed by atoms with E-state index in [1.54, 1.807) is 0 Å². The Balaban J connectivity index is 4.66. The van der Waals surface area contributed by atoms with E-state index in [9.17, 15) is 4.80 Å². The summed E-state index contributed by atoms with van der Waals surface area (Å²) in [6, 6.07) is 2.88. The Morgan fingerprint density at radius 2 is 0.750 bits per heavy atom. The van der Waals surface area contributed by atoms with E-state index in [2.05, 4.69) is 62.3 Å². The third-order valence-electron chi connectivity index (χ3n) is 3.99. The summed E-state index contributed by atoms with van der Waals surface area (Å²) < 4.78 is 0. The van der Waals surface area contributed by atoms with Crippen LogP contribution in [0.2, 0.25) is 18.1 Å². The summed E-state index contributed by atoms with van der Waals surface area (Å²) in [5.74, 6) is 0. The zero-order chi connectivity index (χ0) is 16.2. The fraction of sp³-hybridized carbons (Fsp3) is 1.00. The summed E-state index contributed by atoms with van der Waals surface area (Å²) in [6.07, 6.45) is 3.28. The van der Waals surface area contributed by atoms with Gasteiger partial charge in [0.2, 0.25) is 8.32 Å². The molecule has 0 N–H and O–H groups in total. The number of rotatable bonds is 6. The van der Waals surface area contributed by atoms with E-state index in [1.807, 2.05) is 0 Å². The third kappa shape index (κ3) is 12.0. The molecule has 2 heteroatoms. The molecule has 121 valence electrons. The van der Waals surface area contributed by atoms with Crippen molar-refractivity contribution in [3.8, 4) is 0 Å². The lowest BCUT2D eigenvalue weighted by Crippen LogP contribution is -2.36. The molecule has 0 saturated carbocycles. The van der Waals surface area contributed by atoms with Crippen LogP contribution in [0.15, 0.2) is 0 Å². The van der Waals surface area contributed by atoms with E-state index < -0.39 is 8.32 Å². The molecule has 0 aliphatic heterocycles. The monoisotopic (exact) mass is 299 g/mol. The largest absolute Gasteiger partial charge is 0.297 e. The van der Waals surface area contributed by atoms with E-state index >= 15 is 0 Å². The van der Waals surface area contributed by atoms with Crippen LogP contribution in [0, 0.1) is 16.2 Å². The molecule has 0 unspecified atom stereocenters. The van der Waals surface area contributed by atoms with Crippen LogP contribution in [0.1, 0.15) is 81.6 Å². The van der Waals surface area contributed by atoms with Crippen LogP contribution in [-0.4, -0.2) is 8.32 Å². The highest BCUT2D eigenvalue weighted by molar-refractivity contribution is 6.72. The summed E-state index contributed by atoms with van der Waals surface area (Å²) in [7, 11) is -2.33. The van der Waals surface area contributed by atoms with Gasteiger partial charge in [0, 0.05) is 0 Å². The van der Waals surface area contributed by atoms with Crippen molar-refractivity contribution in [3.63, 3.8) is 0 Å². The second-order valence-corrected chi connectivity index (χ2v) is 14.2. The first kappa shape index (κ1) is 20.2. The van der Waals surface area contributed by atoms with Gasteiger partial charge in [-0.3, -0.25) is 4.80 Å². The van der Waals surface area contributed by atoms with Gasteiger partial charge in [-0.25, -0.2) is 0 Å². The molecule has 0 aromatic heterocycles. The smallest absolute Gasteiger partial charge is 0.237 e. The lowest BCUT2D eigenvalue weighted by molar-refractivity contribution is 0.326. The van der Waals surface area contributed by atoms with Crippen LogP contribution in [0.5, 0.6) is 0 Å². The van der Waals surface area contributed by atoms with Crippen LogP contribution in [0.4, 0.5) is 0 Å². The van der Waals surface area contributed by atoms with Gasteiger partial charge in [-0.05, 0) is 53.6 Å². The summed E-state index contributed by atoms with van der Waals surface area (Å²) in [5, 5.41) is 0. The fourth-order valence-corrected chi connectivity index (χ4v) is 6.55. The molecule has 0 rings (SSSR count). The highest BCUT2D eigenvalue weighted by atomic mass is 28.4. The van der Waals surface area contributed by atoms with Crippen molar-refractivity contribution in [1.29, 1.82) is 0 Å². The minimum atomic E-state index is -2.33. The first-order valence-corrected chi connectivity index (χ1v) is 10.9. The maximum Gasteiger partial charge on any atom is 0.237 e. The Kier molecular flexibility index (Phi) is 7.02. The Morgan fingerprint density at radius 1 is 0.550 bits per heavy atom. The van der Waals surface area contributed by atoms with Crippen molar-refractivity contribution in [2.24, 2.45) is 16.2 Å². The lowest BCUT2D eigenvalue weighted by atomic mass is 9.93. The topological polar surface area (TPSA) is 19.9 Å². The van der Waals surface area contributed by atoms with Gasteiger partial charge in [0.15, 0.2) is 0 Å². The van der Waals surface area contributed by atoms with Crippen molar-refractivity contribution >= 4 is 8.32 Å². The molecular formula is C18H39OSi. The van der Waals surface area contributed by atoms with Gasteiger partial charge in [-0.2, -0.15) is 0 Å². The maximum atomic E-state index is 13.4. The van der Waals surface area contributed by atoms with Crippen LogP contribution in [-0.2, 0) is 4.80 Å². The first-order chi connectivity index (χ1) is 8.62. The minimum absolute atomic E-state index is 0.298. The molecule has 0 aromatic rings. The highest BCUT2D eigenvalue weighted by Crippen LogP contribution is 2.36. The summed E-state index contributed by atoms with van der Waals surface area (Å²) in [5.41, 5.74) is 0.893. The zero-order valence-corrected chi connectivity index (χ0v) is 16.7. The van der Waals surface area contributed by atoms with Crippen LogP contribution >= 0.6 is 0 Å². The van der Waals surface area contributed by atoms with Gasteiger partial charge in [-0.1, -0.05) is 62.3 Å². The maximum absolute atomic E-state index is 13.4. The van der Waals surface area contributed by atoms with Crippen LogP contribution in [0.25, 0.3) is 0 Å². The Labute approximate surface area is 129 Å². The molecule has 0 saturated heterocycles. The molecule has 0 atom stereocenters. The second kappa shape index (κ2) is 6.96. The summed E-state index contributed by atoms with van der Waals surface area (Å²) in [4.78, 5) is 13.4. The first-order valence-electron chi connectivity index (χ1n) is 8.33. The molecule has 1 radical (unpaired) electrons. The average Bonchev–Trinajstić information content (AvgIpc) is 2.18. The second-order valence-electron chi connectivity index (χ2n) is 10.4.